The van der Waals surface area contributed by atoms with Crippen LogP contribution >= 0.6 is 0 Å². The Morgan fingerprint density at radius 2 is 2.25 bits per heavy atom. The average molecular weight is 215 g/mol. The molecule has 1 aromatic carbocycles. The summed E-state index contributed by atoms with van der Waals surface area (Å²) in [4.78, 5) is 0. The Hall–Kier alpha value is -2.15. The van der Waals surface area contributed by atoms with Crippen LogP contribution in [0.3, 0.4) is 0 Å². The lowest BCUT2D eigenvalue weighted by Gasteiger charge is -2.03. The third-order valence-electron chi connectivity index (χ3n) is 2.25. The van der Waals surface area contributed by atoms with E-state index in [0.29, 0.717) is 11.4 Å². The van der Waals surface area contributed by atoms with E-state index >= 15 is 0 Å². The summed E-state index contributed by atoms with van der Waals surface area (Å²) in [7, 11) is 0. The predicted octanol–water partition coefficient (Wildman–Crippen LogP) is 2.39. The van der Waals surface area contributed by atoms with E-state index in [9.17, 15) is 4.39 Å². The fourth-order valence-electron chi connectivity index (χ4n) is 1.58. The number of hydrogen-bond donors (Lipinski definition) is 0. The molecular weight excluding hydrogens is 205 g/mol. The van der Waals surface area contributed by atoms with Gasteiger partial charge in [0.25, 0.3) is 0 Å². The highest BCUT2D eigenvalue weighted by Gasteiger charge is 2.06. The van der Waals surface area contributed by atoms with Gasteiger partial charge in [-0.05, 0) is 31.2 Å². The smallest absolute Gasteiger partial charge is 0.125 e. The van der Waals surface area contributed by atoms with Gasteiger partial charge in [0, 0.05) is 5.69 Å². The molecule has 0 unspecified atom stereocenters. The van der Waals surface area contributed by atoms with Crippen molar-refractivity contribution in [3.05, 3.63) is 47.5 Å². The van der Waals surface area contributed by atoms with Gasteiger partial charge < -0.3 is 0 Å². The minimum atomic E-state index is -0.297. The van der Waals surface area contributed by atoms with Gasteiger partial charge in [-0.1, -0.05) is 6.07 Å². The summed E-state index contributed by atoms with van der Waals surface area (Å²) >= 11 is 0. The third kappa shape index (κ3) is 1.94. The minimum absolute atomic E-state index is 0.267. The van der Waals surface area contributed by atoms with Crippen LogP contribution in [0.4, 0.5) is 4.39 Å². The molecule has 0 N–H and O–H groups in total. The van der Waals surface area contributed by atoms with E-state index in [4.69, 9.17) is 5.26 Å². The largest absolute Gasteiger partial charge is 0.238 e. The molecule has 3 nitrogen and oxygen atoms in total. The monoisotopic (exact) mass is 215 g/mol. The molecule has 1 heterocycles. The molecule has 16 heavy (non-hydrogen) atoms. The maximum atomic E-state index is 13.0. The van der Waals surface area contributed by atoms with Crippen molar-refractivity contribution in [2.75, 3.05) is 0 Å². The number of nitriles is 1. The molecule has 2 aromatic rings. The van der Waals surface area contributed by atoms with Crippen LogP contribution in [0.5, 0.6) is 0 Å². The van der Waals surface area contributed by atoms with Crippen molar-refractivity contribution < 1.29 is 4.39 Å². The lowest BCUT2D eigenvalue weighted by Crippen LogP contribution is -1.99. The zero-order chi connectivity index (χ0) is 11.5. The molecule has 0 aliphatic rings. The third-order valence-corrected chi connectivity index (χ3v) is 2.25. The molecule has 0 saturated carbocycles. The van der Waals surface area contributed by atoms with Crippen LogP contribution in [0.15, 0.2) is 30.3 Å². The Kier molecular flexibility index (Phi) is 2.69. The molecule has 0 radical (unpaired) electrons. The first-order valence-corrected chi connectivity index (χ1v) is 4.89. The van der Waals surface area contributed by atoms with E-state index in [-0.39, 0.29) is 12.2 Å². The van der Waals surface area contributed by atoms with Gasteiger partial charge in [0.05, 0.1) is 23.9 Å². The second-order valence-corrected chi connectivity index (χ2v) is 3.50. The van der Waals surface area contributed by atoms with Crippen molar-refractivity contribution >= 4 is 0 Å². The summed E-state index contributed by atoms with van der Waals surface area (Å²) in [5.41, 5.74) is 2.25. The summed E-state index contributed by atoms with van der Waals surface area (Å²) < 4.78 is 14.7. The average Bonchev–Trinajstić information content (AvgIpc) is 2.60. The quantitative estimate of drug-likeness (QED) is 0.771. The molecule has 0 bridgehead atoms. The number of nitrogens with zero attached hydrogens (tertiary/aromatic N) is 3. The van der Waals surface area contributed by atoms with Gasteiger partial charge >= 0.3 is 0 Å². The molecule has 1 aromatic heterocycles. The number of rotatable bonds is 2. The van der Waals surface area contributed by atoms with Gasteiger partial charge in [-0.15, -0.1) is 0 Å². The highest BCUT2D eigenvalue weighted by atomic mass is 19.1. The van der Waals surface area contributed by atoms with Crippen LogP contribution in [0, 0.1) is 24.1 Å². The lowest BCUT2D eigenvalue weighted by molar-refractivity contribution is 0.625. The first-order valence-electron chi connectivity index (χ1n) is 4.89. The number of aromatic nitrogens is 2. The van der Waals surface area contributed by atoms with E-state index < -0.39 is 0 Å². The fraction of sp³-hybridized carbons (Fsp3) is 0.167. The summed E-state index contributed by atoms with van der Waals surface area (Å²) in [5.74, 6) is -0.297. The highest BCUT2D eigenvalue weighted by Crippen LogP contribution is 2.13. The SMILES string of the molecule is Cc1cc(CC#N)nn1-c1cccc(F)c1. The summed E-state index contributed by atoms with van der Waals surface area (Å²) in [5, 5.41) is 12.8. The fourth-order valence-corrected chi connectivity index (χ4v) is 1.58. The van der Waals surface area contributed by atoms with Crippen LogP contribution in [-0.4, -0.2) is 9.78 Å². The molecule has 0 saturated heterocycles. The van der Waals surface area contributed by atoms with Crippen molar-refractivity contribution in [2.24, 2.45) is 0 Å². The zero-order valence-electron chi connectivity index (χ0n) is 8.81. The Bertz CT molecular complexity index is 552. The summed E-state index contributed by atoms with van der Waals surface area (Å²) in [6.45, 7) is 1.87. The second kappa shape index (κ2) is 4.15. The van der Waals surface area contributed by atoms with Gasteiger partial charge in [0.15, 0.2) is 0 Å². The molecule has 2 rings (SSSR count). The van der Waals surface area contributed by atoms with Crippen LogP contribution in [0.1, 0.15) is 11.4 Å². The molecule has 0 spiro atoms. The van der Waals surface area contributed by atoms with Crippen molar-refractivity contribution in [1.82, 2.24) is 9.78 Å². The van der Waals surface area contributed by atoms with E-state index in [2.05, 4.69) is 5.10 Å². The molecule has 0 aliphatic carbocycles. The Morgan fingerprint density at radius 1 is 1.44 bits per heavy atom. The van der Waals surface area contributed by atoms with Crippen LogP contribution in [0.25, 0.3) is 5.69 Å². The van der Waals surface area contributed by atoms with E-state index in [1.165, 1.54) is 12.1 Å². The predicted molar refractivity (Wildman–Crippen MR) is 57.6 cm³/mol. The molecule has 4 heteroatoms. The van der Waals surface area contributed by atoms with Crippen molar-refractivity contribution in [2.45, 2.75) is 13.3 Å². The minimum Gasteiger partial charge on any atom is -0.238 e. The van der Waals surface area contributed by atoms with E-state index in [0.717, 1.165) is 5.69 Å². The Labute approximate surface area is 92.7 Å². The second-order valence-electron chi connectivity index (χ2n) is 3.50. The van der Waals surface area contributed by atoms with Gasteiger partial charge in [-0.3, -0.25) is 0 Å². The number of aryl methyl sites for hydroxylation is 1. The summed E-state index contributed by atoms with van der Waals surface area (Å²) in [6.07, 6.45) is 0.267. The Balaban J connectivity index is 2.44. The topological polar surface area (TPSA) is 41.6 Å². The van der Waals surface area contributed by atoms with Crippen LogP contribution in [-0.2, 0) is 6.42 Å². The van der Waals surface area contributed by atoms with Crippen molar-refractivity contribution in [3.63, 3.8) is 0 Å². The van der Waals surface area contributed by atoms with Crippen molar-refractivity contribution in [3.8, 4) is 11.8 Å². The summed E-state index contributed by atoms with van der Waals surface area (Å²) in [6, 6.07) is 10.1. The van der Waals surface area contributed by atoms with E-state index in [1.54, 1.807) is 16.8 Å². The molecule has 0 fully saturated rings. The maximum absolute atomic E-state index is 13.0. The maximum Gasteiger partial charge on any atom is 0.125 e. The Morgan fingerprint density at radius 3 is 2.94 bits per heavy atom. The molecule has 0 amide bonds. The molecule has 80 valence electrons. The molecule has 0 aliphatic heterocycles. The number of benzene rings is 1. The van der Waals surface area contributed by atoms with E-state index in [1.807, 2.05) is 19.1 Å². The first-order chi connectivity index (χ1) is 7.70. The first kappa shape index (κ1) is 10.4. The van der Waals surface area contributed by atoms with Gasteiger partial charge in [0.1, 0.15) is 5.82 Å². The molecular formula is C12H10FN3. The highest BCUT2D eigenvalue weighted by molar-refractivity contribution is 5.34. The van der Waals surface area contributed by atoms with Gasteiger partial charge in [-0.25, -0.2) is 9.07 Å². The number of hydrogen-bond acceptors (Lipinski definition) is 2. The molecule has 0 atom stereocenters. The zero-order valence-corrected chi connectivity index (χ0v) is 8.81. The van der Waals surface area contributed by atoms with Gasteiger partial charge in [0.2, 0.25) is 0 Å². The number of halogens is 1. The van der Waals surface area contributed by atoms with Crippen molar-refractivity contribution in [1.29, 1.82) is 5.26 Å². The van der Waals surface area contributed by atoms with Crippen LogP contribution < -0.4 is 0 Å². The standard InChI is InChI=1S/C12H10FN3/c1-9-7-11(5-6-14)15-16(9)12-4-2-3-10(13)8-12/h2-4,7-8H,5H2,1H3. The lowest BCUT2D eigenvalue weighted by atomic mass is 10.3. The van der Waals surface area contributed by atoms with Crippen LogP contribution in [0.2, 0.25) is 0 Å². The normalized spacial score (nSPS) is 10.1. The van der Waals surface area contributed by atoms with Gasteiger partial charge in [-0.2, -0.15) is 10.4 Å².